The van der Waals surface area contributed by atoms with Gasteiger partial charge in [-0.25, -0.2) is 9.07 Å². The van der Waals surface area contributed by atoms with Crippen LogP contribution in [0.25, 0.3) is 27.8 Å². The van der Waals surface area contributed by atoms with Gasteiger partial charge < -0.3 is 5.32 Å². The highest BCUT2D eigenvalue weighted by Gasteiger charge is 2.38. The van der Waals surface area contributed by atoms with Crippen LogP contribution in [-0.2, 0) is 13.2 Å². The van der Waals surface area contributed by atoms with Crippen molar-refractivity contribution >= 4 is 10.9 Å². The summed E-state index contributed by atoms with van der Waals surface area (Å²) in [5, 5.41) is 12.1. The molecule has 1 unspecified atom stereocenters. The van der Waals surface area contributed by atoms with Gasteiger partial charge in [-0.1, -0.05) is 0 Å². The van der Waals surface area contributed by atoms with Gasteiger partial charge in [0.15, 0.2) is 0 Å². The Morgan fingerprint density at radius 3 is 2.71 bits per heavy atom. The SMILES string of the molecule is Cn1cc(-c2nn(-c3c(F)cc(C4CCCN4)cc3C(F)(F)F)c3cnccc23)cn1. The number of halogens is 4. The fourth-order valence-electron chi connectivity index (χ4n) is 4.11. The second-order valence-electron chi connectivity index (χ2n) is 7.60. The zero-order chi connectivity index (χ0) is 21.8. The number of hydrogen-bond acceptors (Lipinski definition) is 4. The molecule has 0 radical (unpaired) electrons. The molecule has 6 nitrogen and oxygen atoms in total. The van der Waals surface area contributed by atoms with E-state index in [4.69, 9.17) is 0 Å². The molecule has 0 saturated carbocycles. The van der Waals surface area contributed by atoms with Crippen LogP contribution in [0.5, 0.6) is 0 Å². The minimum Gasteiger partial charge on any atom is -0.310 e. The van der Waals surface area contributed by atoms with E-state index in [0.717, 1.165) is 17.2 Å². The molecule has 4 heterocycles. The monoisotopic (exact) mass is 430 g/mol. The summed E-state index contributed by atoms with van der Waals surface area (Å²) in [5.41, 5.74) is -0.132. The van der Waals surface area contributed by atoms with E-state index in [9.17, 15) is 13.2 Å². The lowest BCUT2D eigenvalue weighted by Crippen LogP contribution is -2.18. The maximum atomic E-state index is 15.3. The number of nitrogens with zero attached hydrogens (tertiary/aromatic N) is 5. The summed E-state index contributed by atoms with van der Waals surface area (Å²) in [6.45, 7) is 0.694. The Balaban J connectivity index is 1.77. The molecule has 0 aliphatic carbocycles. The quantitative estimate of drug-likeness (QED) is 0.490. The van der Waals surface area contributed by atoms with Gasteiger partial charge in [-0.2, -0.15) is 23.4 Å². The van der Waals surface area contributed by atoms with Crippen LogP contribution in [0.2, 0.25) is 0 Å². The van der Waals surface area contributed by atoms with Crippen molar-refractivity contribution in [3.8, 4) is 16.9 Å². The van der Waals surface area contributed by atoms with Gasteiger partial charge in [0.1, 0.15) is 17.2 Å². The molecule has 1 saturated heterocycles. The number of benzene rings is 1. The van der Waals surface area contributed by atoms with Gasteiger partial charge in [-0.15, -0.1) is 0 Å². The minimum absolute atomic E-state index is 0.275. The molecule has 31 heavy (non-hydrogen) atoms. The van der Waals surface area contributed by atoms with Gasteiger partial charge in [0.25, 0.3) is 0 Å². The van der Waals surface area contributed by atoms with E-state index < -0.39 is 23.2 Å². The number of hydrogen-bond donors (Lipinski definition) is 1. The average molecular weight is 430 g/mol. The van der Waals surface area contributed by atoms with Crippen LogP contribution in [0.1, 0.15) is 30.0 Å². The van der Waals surface area contributed by atoms with Gasteiger partial charge >= 0.3 is 6.18 Å². The zero-order valence-corrected chi connectivity index (χ0v) is 16.5. The number of pyridine rings is 1. The third kappa shape index (κ3) is 3.36. The first-order valence-electron chi connectivity index (χ1n) is 9.79. The van der Waals surface area contributed by atoms with E-state index >= 15 is 4.39 Å². The van der Waals surface area contributed by atoms with E-state index in [1.54, 1.807) is 30.2 Å². The van der Waals surface area contributed by atoms with E-state index in [1.165, 1.54) is 18.5 Å². The smallest absolute Gasteiger partial charge is 0.310 e. The van der Waals surface area contributed by atoms with Gasteiger partial charge in [0, 0.05) is 36.4 Å². The Hall–Kier alpha value is -3.27. The van der Waals surface area contributed by atoms with Crippen molar-refractivity contribution in [1.82, 2.24) is 29.9 Å². The first-order chi connectivity index (χ1) is 14.8. The first-order valence-corrected chi connectivity index (χ1v) is 9.79. The predicted molar refractivity (Wildman–Crippen MR) is 106 cm³/mol. The number of fused-ring (bicyclic) bond motifs is 1. The number of aromatic nitrogens is 5. The second-order valence-corrected chi connectivity index (χ2v) is 7.60. The summed E-state index contributed by atoms with van der Waals surface area (Å²) in [7, 11) is 1.72. The maximum Gasteiger partial charge on any atom is 0.418 e. The highest BCUT2D eigenvalue weighted by atomic mass is 19.4. The van der Waals surface area contributed by atoms with E-state index in [-0.39, 0.29) is 17.1 Å². The molecular weight excluding hydrogens is 412 g/mol. The minimum atomic E-state index is -4.76. The summed E-state index contributed by atoms with van der Waals surface area (Å²) < 4.78 is 60.0. The van der Waals surface area contributed by atoms with Crippen molar-refractivity contribution < 1.29 is 17.6 Å². The molecule has 1 fully saturated rings. The van der Waals surface area contributed by atoms with Crippen LogP contribution < -0.4 is 5.32 Å². The van der Waals surface area contributed by atoms with Crippen LogP contribution in [0.15, 0.2) is 43.0 Å². The summed E-state index contributed by atoms with van der Waals surface area (Å²) >= 11 is 0. The highest BCUT2D eigenvalue weighted by molar-refractivity contribution is 5.93. The molecule has 1 aliphatic heterocycles. The lowest BCUT2D eigenvalue weighted by atomic mass is 10.0. The molecule has 160 valence electrons. The molecule has 1 atom stereocenters. The van der Waals surface area contributed by atoms with Crippen molar-refractivity contribution in [3.63, 3.8) is 0 Å². The number of alkyl halides is 3. The second kappa shape index (κ2) is 7.16. The summed E-state index contributed by atoms with van der Waals surface area (Å²) in [4.78, 5) is 4.02. The third-order valence-electron chi connectivity index (χ3n) is 5.53. The molecule has 5 rings (SSSR count). The molecule has 1 aromatic carbocycles. The molecular formula is C21H18F4N6. The molecule has 10 heteroatoms. The predicted octanol–water partition coefficient (Wildman–Crippen LogP) is 4.40. The lowest BCUT2D eigenvalue weighted by molar-refractivity contribution is -0.137. The normalized spacial score (nSPS) is 17.0. The number of nitrogens with one attached hydrogen (secondary N) is 1. The Kier molecular flexibility index (Phi) is 4.54. The van der Waals surface area contributed by atoms with Gasteiger partial charge in [-0.3, -0.25) is 9.67 Å². The van der Waals surface area contributed by atoms with Gasteiger partial charge in [0.05, 0.1) is 23.5 Å². The van der Waals surface area contributed by atoms with Crippen molar-refractivity contribution in [2.75, 3.05) is 6.54 Å². The maximum absolute atomic E-state index is 15.3. The highest BCUT2D eigenvalue weighted by Crippen LogP contribution is 2.40. The van der Waals surface area contributed by atoms with E-state index in [0.29, 0.717) is 29.6 Å². The Bertz CT molecular complexity index is 1270. The van der Waals surface area contributed by atoms with Crippen LogP contribution in [-0.4, -0.2) is 31.1 Å². The molecule has 1 N–H and O–H groups in total. The van der Waals surface area contributed by atoms with Crippen molar-refractivity contribution in [3.05, 3.63) is 59.9 Å². The standard InChI is InChI=1S/C21H18F4N6/c1-30-11-13(9-28-30)19-14-4-6-26-10-18(14)31(29-19)20-15(21(23,24)25)7-12(8-16(20)22)17-3-2-5-27-17/h4,6-11,17,27H,2-3,5H2,1H3. The van der Waals surface area contributed by atoms with Crippen molar-refractivity contribution in [2.24, 2.45) is 7.05 Å². The van der Waals surface area contributed by atoms with Crippen LogP contribution in [0.3, 0.4) is 0 Å². The zero-order valence-electron chi connectivity index (χ0n) is 16.5. The van der Waals surface area contributed by atoms with Crippen LogP contribution in [0.4, 0.5) is 17.6 Å². The molecule has 0 amide bonds. The van der Waals surface area contributed by atoms with Gasteiger partial charge in [-0.05, 0) is 43.1 Å². The molecule has 0 bridgehead atoms. The third-order valence-corrected chi connectivity index (χ3v) is 5.53. The average Bonchev–Trinajstić information content (AvgIpc) is 3.46. The van der Waals surface area contributed by atoms with E-state index in [1.807, 2.05) is 0 Å². The van der Waals surface area contributed by atoms with Crippen molar-refractivity contribution in [1.29, 1.82) is 0 Å². The molecule has 4 aromatic rings. The first kappa shape index (κ1) is 19.7. The Labute approximate surface area is 174 Å². The summed E-state index contributed by atoms with van der Waals surface area (Å²) in [6, 6.07) is 3.53. The molecule has 0 spiro atoms. The summed E-state index contributed by atoms with van der Waals surface area (Å²) in [6.07, 6.45) is 2.89. The number of aryl methyl sites for hydroxylation is 1. The topological polar surface area (TPSA) is 60.6 Å². The summed E-state index contributed by atoms with van der Waals surface area (Å²) in [5.74, 6) is -0.982. The fraction of sp³-hybridized carbons (Fsp3) is 0.286. The number of rotatable bonds is 3. The molecule has 1 aliphatic rings. The Morgan fingerprint density at radius 2 is 2.03 bits per heavy atom. The molecule has 3 aromatic heterocycles. The Morgan fingerprint density at radius 1 is 1.19 bits per heavy atom. The largest absolute Gasteiger partial charge is 0.418 e. The van der Waals surface area contributed by atoms with Crippen LogP contribution >= 0.6 is 0 Å². The lowest BCUT2D eigenvalue weighted by Gasteiger charge is -2.19. The fourth-order valence-corrected chi connectivity index (χ4v) is 4.11. The van der Waals surface area contributed by atoms with Crippen LogP contribution in [0, 0.1) is 5.82 Å². The van der Waals surface area contributed by atoms with Gasteiger partial charge in [0.2, 0.25) is 0 Å². The van der Waals surface area contributed by atoms with E-state index in [2.05, 4.69) is 20.5 Å². The van der Waals surface area contributed by atoms with Crippen molar-refractivity contribution in [2.45, 2.75) is 25.1 Å².